The van der Waals surface area contributed by atoms with Gasteiger partial charge in [-0.2, -0.15) is 0 Å². The van der Waals surface area contributed by atoms with Gasteiger partial charge in [-0.1, -0.05) is 0 Å². The van der Waals surface area contributed by atoms with Gasteiger partial charge in [0.2, 0.25) is 10.0 Å². The van der Waals surface area contributed by atoms with Crippen LogP contribution in [-0.2, 0) is 10.0 Å². The van der Waals surface area contributed by atoms with Crippen LogP contribution in [0.15, 0.2) is 42.7 Å². The molecule has 0 atom stereocenters. The van der Waals surface area contributed by atoms with Crippen LogP contribution in [0.1, 0.15) is 43.0 Å². The minimum atomic E-state index is -3.40. The number of anilines is 3. The first kappa shape index (κ1) is 23.5. The maximum atomic E-state index is 13.4. The number of nitrogens with zero attached hydrogens (tertiary/aromatic N) is 3. The molecule has 3 aromatic rings. The van der Waals surface area contributed by atoms with E-state index in [2.05, 4.69) is 44.9 Å². The SMILES string of the molecule is CN(c1ncccc1NC1(C)CC1)C1CCN(C(=O)c2c[nH]c3ccc(NS(C)(=O)=O)cc23)CC1. The Morgan fingerprint density at radius 3 is 2.66 bits per heavy atom. The Labute approximate surface area is 206 Å². The number of rotatable bonds is 7. The minimum Gasteiger partial charge on any atom is -0.377 e. The largest absolute Gasteiger partial charge is 0.377 e. The third kappa shape index (κ3) is 5.07. The first-order valence-corrected chi connectivity index (χ1v) is 13.9. The van der Waals surface area contributed by atoms with E-state index in [4.69, 9.17) is 0 Å². The molecule has 10 heteroatoms. The lowest BCUT2D eigenvalue weighted by Gasteiger charge is -2.38. The topological polar surface area (TPSA) is 110 Å². The molecule has 35 heavy (non-hydrogen) atoms. The summed E-state index contributed by atoms with van der Waals surface area (Å²) in [6.45, 7) is 3.53. The van der Waals surface area contributed by atoms with Crippen molar-refractivity contribution >= 4 is 44.0 Å². The highest BCUT2D eigenvalue weighted by Crippen LogP contribution is 2.40. The Balaban J connectivity index is 1.27. The van der Waals surface area contributed by atoms with E-state index in [-0.39, 0.29) is 17.5 Å². The van der Waals surface area contributed by atoms with Crippen molar-refractivity contribution in [1.82, 2.24) is 14.9 Å². The highest BCUT2D eigenvalue weighted by molar-refractivity contribution is 7.92. The van der Waals surface area contributed by atoms with Crippen LogP contribution in [0.5, 0.6) is 0 Å². The number of benzene rings is 1. The van der Waals surface area contributed by atoms with Gasteiger partial charge in [0.25, 0.3) is 5.91 Å². The molecule has 0 bridgehead atoms. The van der Waals surface area contributed by atoms with Crippen LogP contribution in [0.4, 0.5) is 17.2 Å². The van der Waals surface area contributed by atoms with Crippen molar-refractivity contribution in [2.45, 2.75) is 44.2 Å². The van der Waals surface area contributed by atoms with Gasteiger partial charge in [0.05, 0.1) is 17.5 Å². The first-order chi connectivity index (χ1) is 16.6. The summed E-state index contributed by atoms with van der Waals surface area (Å²) in [6, 6.07) is 9.50. The standard InChI is InChI=1S/C25H32N6O3S/c1-25(10-11-25)28-22-5-4-12-26-23(22)30(2)18-8-13-31(14-9-18)24(32)20-16-27-21-7-6-17(15-19(20)21)29-35(3,33)34/h4-7,12,15-16,18,27-29H,8-11,13-14H2,1-3H3. The van der Waals surface area contributed by atoms with Crippen molar-refractivity contribution in [3.05, 3.63) is 48.3 Å². The summed E-state index contributed by atoms with van der Waals surface area (Å²) in [6.07, 6.45) is 8.68. The number of hydrogen-bond acceptors (Lipinski definition) is 6. The molecule has 1 aliphatic carbocycles. The number of carbonyl (C=O) groups excluding carboxylic acids is 1. The molecule has 1 saturated heterocycles. The van der Waals surface area contributed by atoms with Gasteiger partial charge in [0.15, 0.2) is 5.82 Å². The van der Waals surface area contributed by atoms with Gasteiger partial charge < -0.3 is 20.1 Å². The molecule has 0 radical (unpaired) electrons. The molecule has 186 valence electrons. The quantitative estimate of drug-likeness (QED) is 0.461. The van der Waals surface area contributed by atoms with Crippen molar-refractivity contribution in [3.8, 4) is 0 Å². The smallest absolute Gasteiger partial charge is 0.256 e. The summed E-state index contributed by atoms with van der Waals surface area (Å²) in [4.78, 5) is 25.3. The molecule has 2 aromatic heterocycles. The molecule has 0 spiro atoms. The summed E-state index contributed by atoms with van der Waals surface area (Å²) in [5.74, 6) is 0.906. The second-order valence-electron chi connectivity index (χ2n) is 10.0. The fraction of sp³-hybridized carbons (Fsp3) is 0.440. The zero-order valence-electron chi connectivity index (χ0n) is 20.3. The van der Waals surface area contributed by atoms with Gasteiger partial charge in [0, 0.05) is 60.7 Å². The van der Waals surface area contributed by atoms with Crippen molar-refractivity contribution in [3.63, 3.8) is 0 Å². The highest BCUT2D eigenvalue weighted by Gasteiger charge is 2.38. The molecular weight excluding hydrogens is 464 g/mol. The second kappa shape index (κ2) is 8.75. The fourth-order valence-electron chi connectivity index (χ4n) is 4.79. The van der Waals surface area contributed by atoms with Crippen LogP contribution in [0, 0.1) is 0 Å². The number of sulfonamides is 1. The molecule has 3 N–H and O–H groups in total. The van der Waals surface area contributed by atoms with Crippen LogP contribution in [-0.4, -0.2) is 67.2 Å². The van der Waals surface area contributed by atoms with Crippen molar-refractivity contribution in [2.24, 2.45) is 0 Å². The third-order valence-corrected chi connectivity index (χ3v) is 7.68. The number of pyridine rings is 1. The van der Waals surface area contributed by atoms with Crippen molar-refractivity contribution < 1.29 is 13.2 Å². The van der Waals surface area contributed by atoms with Gasteiger partial charge in [-0.15, -0.1) is 0 Å². The summed E-state index contributed by atoms with van der Waals surface area (Å²) in [5.41, 5.74) is 3.02. The number of amides is 1. The molecule has 0 unspecified atom stereocenters. The summed E-state index contributed by atoms with van der Waals surface area (Å²) in [7, 11) is -1.32. The molecule has 1 saturated carbocycles. The number of piperidine rings is 1. The molecular formula is C25H32N6O3S. The first-order valence-electron chi connectivity index (χ1n) is 12.0. The monoisotopic (exact) mass is 496 g/mol. The van der Waals surface area contributed by atoms with E-state index in [9.17, 15) is 13.2 Å². The lowest BCUT2D eigenvalue weighted by atomic mass is 10.0. The fourth-order valence-corrected chi connectivity index (χ4v) is 5.34. The van der Waals surface area contributed by atoms with Gasteiger partial charge >= 0.3 is 0 Å². The Kier molecular flexibility index (Phi) is 5.86. The Bertz CT molecular complexity index is 1360. The minimum absolute atomic E-state index is 0.0456. The highest BCUT2D eigenvalue weighted by atomic mass is 32.2. The Hall–Kier alpha value is -3.27. The van der Waals surface area contributed by atoms with E-state index in [0.29, 0.717) is 29.7 Å². The van der Waals surface area contributed by atoms with Gasteiger partial charge in [-0.3, -0.25) is 9.52 Å². The van der Waals surface area contributed by atoms with Gasteiger partial charge in [-0.05, 0) is 62.9 Å². The van der Waals surface area contributed by atoms with Gasteiger partial charge in [-0.25, -0.2) is 13.4 Å². The van der Waals surface area contributed by atoms with E-state index in [1.807, 2.05) is 17.2 Å². The van der Waals surface area contributed by atoms with Crippen LogP contribution < -0.4 is 14.9 Å². The number of fused-ring (bicyclic) bond motifs is 1. The summed E-state index contributed by atoms with van der Waals surface area (Å²) >= 11 is 0. The molecule has 1 amide bonds. The van der Waals surface area contributed by atoms with Crippen LogP contribution in [0.25, 0.3) is 10.9 Å². The number of likely N-dealkylation sites (tertiary alicyclic amines) is 1. The Morgan fingerprint density at radius 1 is 1.23 bits per heavy atom. The molecule has 9 nitrogen and oxygen atoms in total. The van der Waals surface area contributed by atoms with E-state index in [0.717, 1.165) is 36.1 Å². The maximum Gasteiger partial charge on any atom is 0.256 e. The zero-order valence-corrected chi connectivity index (χ0v) is 21.2. The molecule has 5 rings (SSSR count). The van der Waals surface area contributed by atoms with Crippen molar-refractivity contribution in [2.75, 3.05) is 41.3 Å². The van der Waals surface area contributed by atoms with E-state index < -0.39 is 10.0 Å². The van der Waals surface area contributed by atoms with Crippen LogP contribution >= 0.6 is 0 Å². The Morgan fingerprint density at radius 2 is 1.97 bits per heavy atom. The number of nitrogens with one attached hydrogen (secondary N) is 3. The molecule has 1 aliphatic heterocycles. The number of carbonyl (C=O) groups is 1. The van der Waals surface area contributed by atoms with Crippen molar-refractivity contribution in [1.29, 1.82) is 0 Å². The third-order valence-electron chi connectivity index (χ3n) is 7.07. The maximum absolute atomic E-state index is 13.4. The lowest BCUT2D eigenvalue weighted by molar-refractivity contribution is 0.0715. The molecule has 2 aliphatic rings. The number of aromatic amines is 1. The second-order valence-corrected chi connectivity index (χ2v) is 11.8. The zero-order chi connectivity index (χ0) is 24.8. The number of H-pyrrole nitrogens is 1. The predicted octanol–water partition coefficient (Wildman–Crippen LogP) is 3.64. The molecule has 1 aromatic carbocycles. The van der Waals surface area contributed by atoms with Crippen LogP contribution in [0.3, 0.4) is 0 Å². The number of hydrogen-bond donors (Lipinski definition) is 3. The normalized spacial score (nSPS) is 17.9. The number of aromatic nitrogens is 2. The van der Waals surface area contributed by atoms with E-state index in [1.165, 1.54) is 12.8 Å². The van der Waals surface area contributed by atoms with Crippen LogP contribution in [0.2, 0.25) is 0 Å². The average molecular weight is 497 g/mol. The predicted molar refractivity (Wildman–Crippen MR) is 140 cm³/mol. The van der Waals surface area contributed by atoms with E-state index in [1.54, 1.807) is 24.4 Å². The molecule has 2 fully saturated rings. The average Bonchev–Trinajstić information content (AvgIpc) is 3.40. The molecule has 3 heterocycles. The summed E-state index contributed by atoms with van der Waals surface area (Å²) in [5, 5.41) is 4.36. The lowest BCUT2D eigenvalue weighted by Crippen LogP contribution is -2.46. The van der Waals surface area contributed by atoms with Gasteiger partial charge in [0.1, 0.15) is 0 Å². The summed E-state index contributed by atoms with van der Waals surface area (Å²) < 4.78 is 25.7. The van der Waals surface area contributed by atoms with E-state index >= 15 is 0 Å².